The van der Waals surface area contributed by atoms with Crippen LogP contribution in [0.4, 0.5) is 9.59 Å². The number of nitrogens with zero attached hydrogens (tertiary/aromatic N) is 3. The Hall–Kier alpha value is -2.07. The monoisotopic (exact) mass is 691 g/mol. The van der Waals surface area contributed by atoms with Gasteiger partial charge in [0.25, 0.3) is 0 Å². The summed E-state index contributed by atoms with van der Waals surface area (Å²) in [6.45, 7) is 8.10. The van der Waals surface area contributed by atoms with Crippen molar-refractivity contribution in [2.45, 2.75) is 101 Å². The van der Waals surface area contributed by atoms with Gasteiger partial charge in [-0.1, -0.05) is 27.6 Å². The quantitative estimate of drug-likeness (QED) is 0.178. The molecule has 263 valence electrons. The number of hydrogen-bond acceptors (Lipinski definition) is 12. The van der Waals surface area contributed by atoms with Crippen LogP contribution >= 0.6 is 12.4 Å². The maximum absolute atomic E-state index is 11.7. The van der Waals surface area contributed by atoms with E-state index in [1.165, 1.54) is 25.9 Å². The van der Waals surface area contributed by atoms with Crippen LogP contribution in [-0.4, -0.2) is 118 Å². The van der Waals surface area contributed by atoms with Gasteiger partial charge in [-0.15, -0.1) is 12.4 Å². The fourth-order valence-electron chi connectivity index (χ4n) is 1.32. The molecule has 0 saturated carbocycles. The van der Waals surface area contributed by atoms with Crippen molar-refractivity contribution in [2.24, 2.45) is 0 Å². The largest absolute Gasteiger partial charge is 1.00 e. The first-order valence-electron chi connectivity index (χ1n) is 16.8. The van der Waals surface area contributed by atoms with Crippen LogP contribution in [0.25, 0.3) is 0 Å². The molecule has 0 aliphatic heterocycles. The maximum atomic E-state index is 11.7. The molecule has 0 rings (SSSR count). The topological polar surface area (TPSA) is 158 Å². The number of amides is 2. The predicted octanol–water partition coefficient (Wildman–Crippen LogP) is 1.61. The van der Waals surface area contributed by atoms with Crippen molar-refractivity contribution in [1.82, 2.24) is 14.7 Å². The number of halogens is 1. The van der Waals surface area contributed by atoms with Crippen molar-refractivity contribution < 1.29 is 94.6 Å². The van der Waals surface area contributed by atoms with Crippen LogP contribution in [0.1, 0.15) is 102 Å². The zero-order valence-electron chi connectivity index (χ0n) is 37.2. The van der Waals surface area contributed by atoms with Crippen molar-refractivity contribution in [3.63, 3.8) is 0 Å². The average molecular weight is 692 g/mol. The van der Waals surface area contributed by atoms with Gasteiger partial charge in [-0.25, -0.2) is 29.0 Å². The molecule has 0 aliphatic carbocycles. The standard InChI is InChI=1S/C10H22N2O2.C8H15NO3.C4H6O4.C3H8.C2H3BO2.CH4.ClH.Na/c1-10(2,3)14-9(13)12(6)8-7-11(4)5;1-8(2,3)12-7(11)9(4)5-6-10;1-3(5)7-8-4(2)6;1-3-2;1-2(4)5-3;;;/h7-8H2,1-6H3;6H,5H2,1-4H3;1-2H3;3H2,1-2H3;1H3;1H4;1H;/q;;;;-1;;;+1/i4D3,5D3;;;1D3;;;;. The smallest absolute Gasteiger partial charge is 0.793 e. The van der Waals surface area contributed by atoms with Crippen LogP contribution in [0.5, 0.6) is 0 Å². The van der Waals surface area contributed by atoms with Gasteiger partial charge >= 0.3 is 53.7 Å². The van der Waals surface area contributed by atoms with Gasteiger partial charge in [0.1, 0.15) is 17.5 Å². The summed E-state index contributed by atoms with van der Waals surface area (Å²) in [5.74, 6) is -1.74. The molecule has 0 unspecified atom stereocenters. The number of carbonyl (C=O) groups excluding carboxylic acids is 6. The molecule has 0 atom stereocenters. The molecule has 2 amide bonds. The summed E-state index contributed by atoms with van der Waals surface area (Å²) < 4.78 is 76.5. The fourth-order valence-corrected chi connectivity index (χ4v) is 1.32. The van der Waals surface area contributed by atoms with Crippen molar-refractivity contribution >= 4 is 56.8 Å². The van der Waals surface area contributed by atoms with Gasteiger partial charge in [0.2, 0.25) is 5.97 Å². The minimum atomic E-state index is -2.75. The summed E-state index contributed by atoms with van der Waals surface area (Å²) in [4.78, 5) is 72.4. The van der Waals surface area contributed by atoms with Gasteiger partial charge in [0.05, 0.1) is 6.54 Å². The Bertz CT molecular complexity index is 1030. The van der Waals surface area contributed by atoms with Gasteiger partial charge in [-0.3, -0.25) is 4.79 Å². The third-order valence-corrected chi connectivity index (χ3v) is 2.86. The second-order valence-corrected chi connectivity index (χ2v) is 9.69. The van der Waals surface area contributed by atoms with Gasteiger partial charge in [0.15, 0.2) is 0 Å². The molecule has 0 aromatic rings. The Morgan fingerprint density at radius 1 is 0.778 bits per heavy atom. The number of hydrogen-bond donors (Lipinski definition) is 0. The molecule has 0 N–H and O–H groups in total. The zero-order chi connectivity index (χ0) is 42.2. The van der Waals surface area contributed by atoms with Gasteiger partial charge in [-0.2, -0.15) is 0 Å². The summed E-state index contributed by atoms with van der Waals surface area (Å²) in [5, 5.41) is 0. The van der Waals surface area contributed by atoms with Crippen LogP contribution in [0, 0.1) is 0 Å². The van der Waals surface area contributed by atoms with E-state index in [-0.39, 0.29) is 75.4 Å². The molecule has 0 heterocycles. The van der Waals surface area contributed by atoms with Gasteiger partial charge in [-0.05, 0) is 55.5 Å². The van der Waals surface area contributed by atoms with E-state index in [4.69, 9.17) is 21.8 Å². The summed E-state index contributed by atoms with van der Waals surface area (Å²) in [5.41, 5.74) is -1.17. The van der Waals surface area contributed by atoms with E-state index in [0.717, 1.165) is 18.7 Å². The zero-order valence-corrected chi connectivity index (χ0v) is 31.0. The molecule has 0 fully saturated rings. The van der Waals surface area contributed by atoms with E-state index in [1.54, 1.807) is 48.5 Å². The first-order valence-corrected chi connectivity index (χ1v) is 12.3. The molecule has 0 bridgehead atoms. The van der Waals surface area contributed by atoms with E-state index in [9.17, 15) is 28.8 Å². The SMILES string of the molecule is C.CC(=O)OOC(C)=O.CN(CC=O)C(=O)OC(C)(C)C.Cl.[2H]C([2H])([2H])CC.[2H]C([2H])([2H])N(CCN(C)C(=O)OC(C)(C)C)C([2H])([2H])[2H].[B-]OC(C)=O.[Na+]. The number of likely N-dealkylation sites (N-methyl/N-ethyl adjacent to an activating group) is 3. The summed E-state index contributed by atoms with van der Waals surface area (Å²) in [6.07, 6.45) is -0.181. The van der Waals surface area contributed by atoms with Crippen LogP contribution in [0.15, 0.2) is 0 Å². The van der Waals surface area contributed by atoms with E-state index in [0.29, 0.717) is 11.2 Å². The second-order valence-electron chi connectivity index (χ2n) is 9.69. The molecule has 3 radical (unpaired) electrons. The molecular formula is C28H59BClN3NaO11. The fraction of sp³-hybridized carbons (Fsp3) is 0.786. The van der Waals surface area contributed by atoms with Crippen molar-refractivity contribution in [3.05, 3.63) is 0 Å². The molecule has 0 spiro atoms. The third kappa shape index (κ3) is 69.9. The van der Waals surface area contributed by atoms with Crippen LogP contribution in [0.3, 0.4) is 0 Å². The van der Waals surface area contributed by atoms with Gasteiger partial charge < -0.3 is 41.7 Å². The Kier molecular flexibility index (Phi) is 31.6. The molecule has 0 aromatic heterocycles. The van der Waals surface area contributed by atoms with Gasteiger partial charge in [0, 0.05) is 60.3 Å². The first-order chi connectivity index (χ1) is 22.5. The predicted molar refractivity (Wildman–Crippen MR) is 173 cm³/mol. The number of aldehydes is 1. The third-order valence-electron chi connectivity index (χ3n) is 2.86. The first kappa shape index (κ1) is 39.1. The van der Waals surface area contributed by atoms with Crippen LogP contribution in [-0.2, 0) is 43.1 Å². The van der Waals surface area contributed by atoms with E-state index in [2.05, 4.69) is 22.5 Å². The van der Waals surface area contributed by atoms with Crippen LogP contribution in [0.2, 0.25) is 0 Å². The molecule has 17 heteroatoms. The molecular weight excluding hydrogens is 624 g/mol. The summed E-state index contributed by atoms with van der Waals surface area (Å²) in [6, 6.07) is 0. The van der Waals surface area contributed by atoms with E-state index < -0.39 is 62.1 Å². The van der Waals surface area contributed by atoms with E-state index in [1.807, 2.05) is 0 Å². The Morgan fingerprint density at radius 2 is 1.11 bits per heavy atom. The van der Waals surface area contributed by atoms with E-state index >= 15 is 0 Å². The van der Waals surface area contributed by atoms with Crippen molar-refractivity contribution in [2.75, 3.05) is 47.7 Å². The van der Waals surface area contributed by atoms with Crippen molar-refractivity contribution in [1.29, 1.82) is 0 Å². The Morgan fingerprint density at radius 3 is 1.33 bits per heavy atom. The minimum absolute atomic E-state index is 0. The summed E-state index contributed by atoms with van der Waals surface area (Å²) in [7, 11) is 7.26. The number of carbonyl (C=O) groups is 6. The Balaban J connectivity index is -0.0000000888. The minimum Gasteiger partial charge on any atom is -0.793 e. The molecule has 0 saturated heterocycles. The van der Waals surface area contributed by atoms with Crippen LogP contribution < -0.4 is 29.6 Å². The average Bonchev–Trinajstić information content (AvgIpc) is 2.89. The van der Waals surface area contributed by atoms with Crippen molar-refractivity contribution in [3.8, 4) is 0 Å². The molecule has 45 heavy (non-hydrogen) atoms. The normalized spacial score (nSPS) is 12.8. The summed E-state index contributed by atoms with van der Waals surface area (Å²) >= 11 is 0. The number of rotatable bonds is 5. The maximum Gasteiger partial charge on any atom is 1.00 e. The molecule has 0 aromatic carbocycles. The second kappa shape index (κ2) is 36.4. The molecule has 14 nitrogen and oxygen atoms in total. The Labute approximate surface area is 314 Å². The molecule has 0 aliphatic rings. The number of ether oxygens (including phenoxy) is 2.